The maximum absolute atomic E-state index is 12.3. The second-order valence-electron chi connectivity index (χ2n) is 5.96. The van der Waals surface area contributed by atoms with Gasteiger partial charge in [0, 0.05) is 37.9 Å². The van der Waals surface area contributed by atoms with Gasteiger partial charge in [-0.3, -0.25) is 14.3 Å². The van der Waals surface area contributed by atoms with Crippen LogP contribution < -0.4 is 11.0 Å². The Morgan fingerprint density at radius 3 is 3.00 bits per heavy atom. The molecule has 0 bridgehead atoms. The molecule has 3 heterocycles. The van der Waals surface area contributed by atoms with E-state index in [1.165, 1.54) is 17.1 Å². The largest absolute Gasteiger partial charge is 0.349 e. The lowest BCUT2D eigenvalue weighted by Gasteiger charge is -2.16. The highest BCUT2D eigenvalue weighted by molar-refractivity contribution is 6.30. The van der Waals surface area contributed by atoms with Crippen molar-refractivity contribution >= 4 is 17.5 Å². The van der Waals surface area contributed by atoms with Crippen molar-refractivity contribution < 1.29 is 4.79 Å². The number of rotatable bonds is 4. The highest BCUT2D eigenvalue weighted by Gasteiger charge is 2.22. The van der Waals surface area contributed by atoms with E-state index in [4.69, 9.17) is 11.6 Å². The first-order chi connectivity index (χ1) is 11.6. The van der Waals surface area contributed by atoms with Gasteiger partial charge in [-0.05, 0) is 25.3 Å². The summed E-state index contributed by atoms with van der Waals surface area (Å²) in [6.45, 7) is 3.23. The van der Waals surface area contributed by atoms with E-state index in [2.05, 4.69) is 15.4 Å². The van der Waals surface area contributed by atoms with Gasteiger partial charge in [0.05, 0.1) is 10.6 Å². The lowest BCUT2D eigenvalue weighted by molar-refractivity contribution is 0.0932. The Balaban J connectivity index is 1.67. The van der Waals surface area contributed by atoms with Crippen molar-refractivity contribution in [1.82, 2.24) is 24.6 Å². The van der Waals surface area contributed by atoms with Gasteiger partial charge in [0.25, 0.3) is 5.91 Å². The van der Waals surface area contributed by atoms with Gasteiger partial charge in [-0.1, -0.05) is 18.5 Å². The molecule has 1 aliphatic rings. The Labute approximate surface area is 144 Å². The molecule has 0 fully saturated rings. The molecular formula is C16H20ClN5O2. The van der Waals surface area contributed by atoms with Crippen LogP contribution in [0.4, 0.5) is 0 Å². The van der Waals surface area contributed by atoms with Crippen LogP contribution in [-0.2, 0) is 19.5 Å². The highest BCUT2D eigenvalue weighted by atomic mass is 35.5. The molecule has 8 heteroatoms. The molecule has 1 N–H and O–H groups in total. The normalized spacial score (nSPS) is 17.2. The van der Waals surface area contributed by atoms with Crippen LogP contribution in [0.1, 0.15) is 42.4 Å². The summed E-state index contributed by atoms with van der Waals surface area (Å²) < 4.78 is 3.26. The zero-order chi connectivity index (χ0) is 17.1. The maximum Gasteiger partial charge on any atom is 0.345 e. The van der Waals surface area contributed by atoms with Crippen molar-refractivity contribution in [2.24, 2.45) is 0 Å². The number of carbonyl (C=O) groups excluding carboxylic acids is 1. The molecule has 0 saturated carbocycles. The van der Waals surface area contributed by atoms with E-state index in [1.54, 1.807) is 10.6 Å². The third-order valence-corrected chi connectivity index (χ3v) is 4.36. The van der Waals surface area contributed by atoms with Crippen LogP contribution in [0.25, 0.3) is 0 Å². The first-order valence-electron chi connectivity index (χ1n) is 8.16. The van der Waals surface area contributed by atoms with Gasteiger partial charge in [-0.15, -0.1) is 0 Å². The van der Waals surface area contributed by atoms with Gasteiger partial charge in [0.15, 0.2) is 0 Å². The Kier molecular flexibility index (Phi) is 4.99. The van der Waals surface area contributed by atoms with E-state index in [-0.39, 0.29) is 17.6 Å². The van der Waals surface area contributed by atoms with Crippen LogP contribution in [0.5, 0.6) is 0 Å². The number of fused-ring (bicyclic) bond motifs is 1. The number of hydrogen-bond donors (Lipinski definition) is 1. The molecular weight excluding hydrogens is 330 g/mol. The van der Waals surface area contributed by atoms with Crippen LogP contribution in [0.15, 0.2) is 23.3 Å². The Hall–Kier alpha value is -2.15. The number of halogens is 1. The van der Waals surface area contributed by atoms with Crippen LogP contribution in [0, 0.1) is 0 Å². The summed E-state index contributed by atoms with van der Waals surface area (Å²) in [7, 11) is 0. The molecule has 2 aromatic heterocycles. The number of amides is 1. The Bertz CT molecular complexity index is 798. The lowest BCUT2D eigenvalue weighted by Crippen LogP contribution is -2.35. The van der Waals surface area contributed by atoms with Gasteiger partial charge in [0.2, 0.25) is 0 Å². The molecule has 1 amide bonds. The van der Waals surface area contributed by atoms with Crippen LogP contribution in [-0.4, -0.2) is 31.3 Å². The van der Waals surface area contributed by atoms with Crippen molar-refractivity contribution in [3.8, 4) is 0 Å². The number of aryl methyl sites for hydroxylation is 2. The minimum atomic E-state index is -0.196. The Morgan fingerprint density at radius 2 is 2.25 bits per heavy atom. The number of nitrogens with one attached hydrogen (secondary N) is 1. The summed E-state index contributed by atoms with van der Waals surface area (Å²) in [5.41, 5.74) is 0.382. The van der Waals surface area contributed by atoms with E-state index in [0.717, 1.165) is 18.7 Å². The fourth-order valence-corrected chi connectivity index (χ4v) is 3.11. The summed E-state index contributed by atoms with van der Waals surface area (Å²) in [5, 5.41) is 7.84. The van der Waals surface area contributed by atoms with E-state index >= 15 is 0 Å². The summed E-state index contributed by atoms with van der Waals surface area (Å²) in [5.74, 6) is 0.604. The molecule has 0 saturated heterocycles. The van der Waals surface area contributed by atoms with Gasteiger partial charge in [-0.2, -0.15) is 5.10 Å². The van der Waals surface area contributed by atoms with E-state index < -0.39 is 0 Å². The summed E-state index contributed by atoms with van der Waals surface area (Å²) in [6.07, 6.45) is 5.98. The predicted molar refractivity (Wildman–Crippen MR) is 90.2 cm³/mol. The van der Waals surface area contributed by atoms with Crippen LogP contribution >= 0.6 is 11.6 Å². The molecule has 1 unspecified atom stereocenters. The monoisotopic (exact) mass is 349 g/mol. The minimum Gasteiger partial charge on any atom is -0.349 e. The van der Waals surface area contributed by atoms with E-state index in [9.17, 15) is 9.59 Å². The number of hydrogen-bond acceptors (Lipinski definition) is 4. The number of pyridine rings is 1. The van der Waals surface area contributed by atoms with Crippen molar-refractivity contribution in [3.05, 3.63) is 45.4 Å². The highest BCUT2D eigenvalue weighted by Crippen LogP contribution is 2.14. The first kappa shape index (κ1) is 16.7. The third-order valence-electron chi connectivity index (χ3n) is 4.15. The third kappa shape index (κ3) is 3.51. The zero-order valence-corrected chi connectivity index (χ0v) is 14.3. The lowest BCUT2D eigenvalue weighted by atomic mass is 10.1. The quantitative estimate of drug-likeness (QED) is 0.909. The van der Waals surface area contributed by atoms with Crippen molar-refractivity contribution in [2.75, 3.05) is 0 Å². The van der Waals surface area contributed by atoms with Crippen LogP contribution in [0.3, 0.4) is 0 Å². The van der Waals surface area contributed by atoms with Crippen molar-refractivity contribution in [2.45, 2.75) is 51.7 Å². The fourth-order valence-electron chi connectivity index (χ4n) is 2.93. The SMILES string of the molecule is CCCn1nc2n(c1=O)CCC(NC(=O)c1cncc(Cl)c1)CC2. The topological polar surface area (TPSA) is 81.8 Å². The molecule has 2 aromatic rings. The molecule has 3 rings (SSSR count). The second kappa shape index (κ2) is 7.17. The fraction of sp³-hybridized carbons (Fsp3) is 0.500. The molecule has 1 atom stereocenters. The minimum absolute atomic E-state index is 0.00259. The molecule has 128 valence electrons. The first-order valence-corrected chi connectivity index (χ1v) is 8.54. The summed E-state index contributed by atoms with van der Waals surface area (Å²) >= 11 is 5.87. The van der Waals surface area contributed by atoms with Gasteiger partial charge >= 0.3 is 5.69 Å². The van der Waals surface area contributed by atoms with Gasteiger partial charge in [-0.25, -0.2) is 9.48 Å². The standard InChI is InChI=1S/C16H20ClN5O2/c1-2-6-22-16(24)21-7-5-13(3-4-14(21)20-22)19-15(23)11-8-12(17)10-18-9-11/h8-10,13H,2-7H2,1H3,(H,19,23). The smallest absolute Gasteiger partial charge is 0.345 e. The average Bonchev–Trinajstić information content (AvgIpc) is 2.73. The average molecular weight is 350 g/mol. The molecule has 1 aliphatic heterocycles. The zero-order valence-electron chi connectivity index (χ0n) is 13.5. The molecule has 24 heavy (non-hydrogen) atoms. The summed E-state index contributed by atoms with van der Waals surface area (Å²) in [4.78, 5) is 28.5. The van der Waals surface area contributed by atoms with E-state index in [0.29, 0.717) is 36.5 Å². The number of carbonyl (C=O) groups is 1. The summed E-state index contributed by atoms with van der Waals surface area (Å²) in [6, 6.07) is 1.59. The van der Waals surface area contributed by atoms with E-state index in [1.807, 2.05) is 6.92 Å². The number of nitrogens with zero attached hydrogens (tertiary/aromatic N) is 4. The molecule has 0 spiro atoms. The molecule has 7 nitrogen and oxygen atoms in total. The van der Waals surface area contributed by atoms with Gasteiger partial charge in [0.1, 0.15) is 5.82 Å². The molecule has 0 radical (unpaired) electrons. The van der Waals surface area contributed by atoms with Crippen molar-refractivity contribution in [3.63, 3.8) is 0 Å². The van der Waals surface area contributed by atoms with Crippen molar-refractivity contribution in [1.29, 1.82) is 0 Å². The maximum atomic E-state index is 12.3. The second-order valence-corrected chi connectivity index (χ2v) is 6.40. The van der Waals surface area contributed by atoms with Gasteiger partial charge < -0.3 is 5.32 Å². The van der Waals surface area contributed by atoms with Crippen LogP contribution in [0.2, 0.25) is 5.02 Å². The number of aromatic nitrogens is 4. The molecule has 0 aromatic carbocycles. The Morgan fingerprint density at radius 1 is 1.42 bits per heavy atom. The predicted octanol–water partition coefficient (Wildman–Crippen LogP) is 1.64. The molecule has 0 aliphatic carbocycles.